The van der Waals surface area contributed by atoms with E-state index in [2.05, 4.69) is 25.9 Å². The Labute approximate surface area is 92.0 Å². The molecule has 0 radical (unpaired) electrons. The fourth-order valence-electron chi connectivity index (χ4n) is 1.64. The molecule has 0 bridgehead atoms. The van der Waals surface area contributed by atoms with Gasteiger partial charge in [-0.1, -0.05) is 0 Å². The Morgan fingerprint density at radius 3 is 2.79 bits per heavy atom. The van der Waals surface area contributed by atoms with E-state index in [1.165, 1.54) is 12.8 Å². The Morgan fingerprint density at radius 1 is 1.43 bits per heavy atom. The molecule has 0 atom stereocenters. The molecule has 0 spiro atoms. The molecule has 0 N–H and O–H groups in total. The van der Waals surface area contributed by atoms with Gasteiger partial charge in [-0.3, -0.25) is 0 Å². The molecule has 1 fully saturated rings. The maximum Gasteiger partial charge on any atom is 0.316 e. The van der Waals surface area contributed by atoms with E-state index in [1.807, 2.05) is 6.92 Å². The summed E-state index contributed by atoms with van der Waals surface area (Å²) < 4.78 is 6.60. The van der Waals surface area contributed by atoms with Crippen LogP contribution in [-0.4, -0.2) is 16.1 Å². The van der Waals surface area contributed by atoms with Crippen LogP contribution >= 0.6 is 15.9 Å². The van der Waals surface area contributed by atoms with Crippen molar-refractivity contribution in [3.8, 4) is 6.01 Å². The molecule has 14 heavy (non-hydrogen) atoms. The van der Waals surface area contributed by atoms with Gasteiger partial charge >= 0.3 is 6.01 Å². The number of nitrogens with zero attached hydrogens (tertiary/aromatic N) is 2. The van der Waals surface area contributed by atoms with Crippen LogP contribution in [0, 0.1) is 6.92 Å². The Morgan fingerprint density at radius 2 is 2.14 bits per heavy atom. The van der Waals surface area contributed by atoms with Gasteiger partial charge in [0.05, 0.1) is 10.2 Å². The van der Waals surface area contributed by atoms with Crippen molar-refractivity contribution in [3.63, 3.8) is 0 Å². The van der Waals surface area contributed by atoms with Crippen LogP contribution in [0.5, 0.6) is 6.01 Å². The molecular formula is C10H13BrN2O. The smallest absolute Gasteiger partial charge is 0.316 e. The second kappa shape index (κ2) is 4.26. The highest BCUT2D eigenvalue weighted by Gasteiger charge is 2.17. The van der Waals surface area contributed by atoms with Crippen molar-refractivity contribution < 1.29 is 4.74 Å². The normalized spacial score (nSPS) is 17.3. The number of rotatable bonds is 2. The molecule has 0 saturated heterocycles. The van der Waals surface area contributed by atoms with Crippen LogP contribution in [0.4, 0.5) is 0 Å². The molecule has 0 aliphatic heterocycles. The van der Waals surface area contributed by atoms with Gasteiger partial charge in [-0.05, 0) is 48.5 Å². The van der Waals surface area contributed by atoms with Crippen LogP contribution in [0.15, 0.2) is 10.7 Å². The summed E-state index contributed by atoms with van der Waals surface area (Å²) in [6.45, 7) is 1.94. The third-order valence-electron chi connectivity index (χ3n) is 2.47. The van der Waals surface area contributed by atoms with Crippen molar-refractivity contribution in [1.29, 1.82) is 0 Å². The lowest BCUT2D eigenvalue weighted by Gasteiger charge is -2.11. The first-order valence-corrected chi connectivity index (χ1v) is 5.71. The molecular weight excluding hydrogens is 244 g/mol. The van der Waals surface area contributed by atoms with Crippen molar-refractivity contribution in [2.75, 3.05) is 0 Å². The quantitative estimate of drug-likeness (QED) is 0.817. The SMILES string of the molecule is Cc1nc(OC2CCCC2)ncc1Br. The maximum absolute atomic E-state index is 5.67. The Balaban J connectivity index is 2.05. The zero-order chi connectivity index (χ0) is 9.97. The summed E-state index contributed by atoms with van der Waals surface area (Å²) in [4.78, 5) is 8.38. The van der Waals surface area contributed by atoms with Crippen LogP contribution < -0.4 is 4.74 Å². The molecule has 76 valence electrons. The Kier molecular flexibility index (Phi) is 3.01. The molecule has 1 saturated carbocycles. The van der Waals surface area contributed by atoms with Gasteiger partial charge in [0, 0.05) is 6.20 Å². The minimum absolute atomic E-state index is 0.329. The fourth-order valence-corrected chi connectivity index (χ4v) is 1.83. The lowest BCUT2D eigenvalue weighted by molar-refractivity contribution is 0.191. The number of aromatic nitrogens is 2. The molecule has 1 heterocycles. The molecule has 1 aliphatic carbocycles. The highest BCUT2D eigenvalue weighted by Crippen LogP contribution is 2.23. The fraction of sp³-hybridized carbons (Fsp3) is 0.600. The van der Waals surface area contributed by atoms with E-state index in [0.717, 1.165) is 23.0 Å². The number of ether oxygens (including phenoxy) is 1. The molecule has 1 aromatic heterocycles. The monoisotopic (exact) mass is 256 g/mol. The average molecular weight is 257 g/mol. The summed E-state index contributed by atoms with van der Waals surface area (Å²) in [5.74, 6) is 0. The van der Waals surface area contributed by atoms with E-state index in [1.54, 1.807) is 6.20 Å². The van der Waals surface area contributed by atoms with Gasteiger partial charge in [0.25, 0.3) is 0 Å². The van der Waals surface area contributed by atoms with Crippen molar-refractivity contribution >= 4 is 15.9 Å². The molecule has 3 nitrogen and oxygen atoms in total. The predicted molar refractivity (Wildman–Crippen MR) is 57.4 cm³/mol. The van der Waals surface area contributed by atoms with E-state index < -0.39 is 0 Å². The van der Waals surface area contributed by atoms with E-state index in [-0.39, 0.29) is 0 Å². The van der Waals surface area contributed by atoms with Gasteiger partial charge < -0.3 is 4.74 Å². The minimum Gasteiger partial charge on any atom is -0.460 e. The minimum atomic E-state index is 0.329. The number of halogens is 1. The van der Waals surface area contributed by atoms with E-state index in [9.17, 15) is 0 Å². The summed E-state index contributed by atoms with van der Waals surface area (Å²) in [7, 11) is 0. The molecule has 2 rings (SSSR count). The van der Waals surface area contributed by atoms with E-state index in [4.69, 9.17) is 4.74 Å². The van der Waals surface area contributed by atoms with Gasteiger partial charge in [-0.15, -0.1) is 0 Å². The van der Waals surface area contributed by atoms with Crippen molar-refractivity contribution in [2.45, 2.75) is 38.7 Å². The number of hydrogen-bond acceptors (Lipinski definition) is 3. The predicted octanol–water partition coefficient (Wildman–Crippen LogP) is 2.87. The van der Waals surface area contributed by atoms with Crippen LogP contribution in [-0.2, 0) is 0 Å². The van der Waals surface area contributed by atoms with Crippen molar-refractivity contribution in [2.24, 2.45) is 0 Å². The molecule has 1 aromatic rings. The first-order chi connectivity index (χ1) is 6.75. The molecule has 0 unspecified atom stereocenters. The van der Waals surface area contributed by atoms with Gasteiger partial charge in [0.2, 0.25) is 0 Å². The van der Waals surface area contributed by atoms with Gasteiger partial charge in [0.15, 0.2) is 0 Å². The first-order valence-electron chi connectivity index (χ1n) is 4.91. The first kappa shape index (κ1) is 9.90. The average Bonchev–Trinajstić information content (AvgIpc) is 2.64. The van der Waals surface area contributed by atoms with Crippen molar-refractivity contribution in [3.05, 3.63) is 16.4 Å². The lowest BCUT2D eigenvalue weighted by atomic mass is 10.3. The van der Waals surface area contributed by atoms with Gasteiger partial charge in [-0.2, -0.15) is 4.98 Å². The molecule has 4 heteroatoms. The van der Waals surface area contributed by atoms with Crippen LogP contribution in [0.3, 0.4) is 0 Å². The molecule has 0 amide bonds. The van der Waals surface area contributed by atoms with Crippen molar-refractivity contribution in [1.82, 2.24) is 9.97 Å². The number of aryl methyl sites for hydroxylation is 1. The summed E-state index contributed by atoms with van der Waals surface area (Å²) in [6, 6.07) is 0.512. The highest BCUT2D eigenvalue weighted by molar-refractivity contribution is 9.10. The second-order valence-electron chi connectivity index (χ2n) is 3.61. The summed E-state index contributed by atoms with van der Waals surface area (Å²) in [5.41, 5.74) is 0.924. The Hall–Kier alpha value is -0.640. The van der Waals surface area contributed by atoms with Crippen LogP contribution in [0.25, 0.3) is 0 Å². The second-order valence-corrected chi connectivity index (χ2v) is 4.46. The Bertz CT molecular complexity index is 324. The third kappa shape index (κ3) is 2.23. The summed E-state index contributed by atoms with van der Waals surface area (Å²) in [6.07, 6.45) is 6.87. The zero-order valence-electron chi connectivity index (χ0n) is 8.16. The van der Waals surface area contributed by atoms with Crippen LogP contribution in [0.1, 0.15) is 31.4 Å². The standard InChI is InChI=1S/C10H13BrN2O/c1-7-9(11)6-12-10(13-7)14-8-4-2-3-5-8/h6,8H,2-5H2,1H3. The zero-order valence-corrected chi connectivity index (χ0v) is 9.75. The number of hydrogen-bond donors (Lipinski definition) is 0. The van der Waals surface area contributed by atoms with E-state index >= 15 is 0 Å². The largest absolute Gasteiger partial charge is 0.460 e. The highest BCUT2D eigenvalue weighted by atomic mass is 79.9. The molecule has 1 aliphatic rings. The topological polar surface area (TPSA) is 35.0 Å². The third-order valence-corrected chi connectivity index (χ3v) is 3.25. The van der Waals surface area contributed by atoms with Crippen LogP contribution in [0.2, 0.25) is 0 Å². The lowest BCUT2D eigenvalue weighted by Crippen LogP contribution is -2.13. The molecule has 0 aromatic carbocycles. The van der Waals surface area contributed by atoms with E-state index in [0.29, 0.717) is 12.1 Å². The van der Waals surface area contributed by atoms with Gasteiger partial charge in [-0.25, -0.2) is 4.98 Å². The summed E-state index contributed by atoms with van der Waals surface area (Å²) >= 11 is 3.36. The maximum atomic E-state index is 5.67. The summed E-state index contributed by atoms with van der Waals surface area (Å²) in [5, 5.41) is 0. The van der Waals surface area contributed by atoms with Gasteiger partial charge in [0.1, 0.15) is 6.10 Å².